The first-order chi connectivity index (χ1) is 8.20. The maximum absolute atomic E-state index is 12.2. The van der Waals surface area contributed by atoms with Gasteiger partial charge >= 0.3 is 0 Å². The average Bonchev–Trinajstić information content (AvgIpc) is 3.11. The highest BCUT2D eigenvalue weighted by molar-refractivity contribution is 5.94. The van der Waals surface area contributed by atoms with E-state index in [-0.39, 0.29) is 5.78 Å². The highest BCUT2D eigenvalue weighted by atomic mass is 19.1. The lowest BCUT2D eigenvalue weighted by atomic mass is 10.1. The molecule has 1 saturated carbocycles. The van der Waals surface area contributed by atoms with Gasteiger partial charge in [-0.3, -0.25) is 4.79 Å². The number of hydrogen-bond donors (Lipinski definition) is 0. The molecule has 2 rings (SSSR count). The Bertz CT molecular complexity index is 413. The standard InChI is InChI=1S/C13H15FO3/c1-9(15)11-4-5-12(17-8-14)13(6-11)16-7-10-2-3-10/h4-6,10H,2-3,7-8H2,1H3. The summed E-state index contributed by atoms with van der Waals surface area (Å²) in [6, 6.07) is 4.78. The Morgan fingerprint density at radius 2 is 2.12 bits per heavy atom. The van der Waals surface area contributed by atoms with Gasteiger partial charge < -0.3 is 9.47 Å². The van der Waals surface area contributed by atoms with Gasteiger partial charge in [-0.15, -0.1) is 0 Å². The van der Waals surface area contributed by atoms with Gasteiger partial charge in [-0.05, 0) is 43.9 Å². The van der Waals surface area contributed by atoms with Crippen LogP contribution in [0, 0.1) is 5.92 Å². The number of rotatable bonds is 6. The monoisotopic (exact) mass is 238 g/mol. The van der Waals surface area contributed by atoms with Gasteiger partial charge in [0.05, 0.1) is 6.61 Å². The van der Waals surface area contributed by atoms with Crippen LogP contribution in [0.5, 0.6) is 11.5 Å². The van der Waals surface area contributed by atoms with Crippen molar-refractivity contribution in [1.29, 1.82) is 0 Å². The number of hydrogen-bond acceptors (Lipinski definition) is 3. The van der Waals surface area contributed by atoms with Crippen LogP contribution in [0.1, 0.15) is 30.1 Å². The Balaban J connectivity index is 2.15. The number of benzene rings is 1. The van der Waals surface area contributed by atoms with Gasteiger partial charge in [0, 0.05) is 5.56 Å². The third-order valence-corrected chi connectivity index (χ3v) is 2.73. The molecule has 1 aliphatic carbocycles. The smallest absolute Gasteiger partial charge is 0.228 e. The quantitative estimate of drug-likeness (QED) is 0.715. The molecule has 0 radical (unpaired) electrons. The Kier molecular flexibility index (Phi) is 3.61. The first-order valence-corrected chi connectivity index (χ1v) is 5.67. The van der Waals surface area contributed by atoms with Crippen LogP contribution in [0.2, 0.25) is 0 Å². The molecule has 0 aliphatic heterocycles. The van der Waals surface area contributed by atoms with Gasteiger partial charge in [0.1, 0.15) is 0 Å². The second-order valence-electron chi connectivity index (χ2n) is 4.23. The van der Waals surface area contributed by atoms with Gasteiger partial charge in [-0.2, -0.15) is 0 Å². The number of ketones is 1. The van der Waals surface area contributed by atoms with Gasteiger partial charge in [-0.1, -0.05) is 0 Å². The van der Waals surface area contributed by atoms with Crippen molar-refractivity contribution in [2.75, 3.05) is 13.5 Å². The van der Waals surface area contributed by atoms with Crippen LogP contribution >= 0.6 is 0 Å². The molecule has 1 aromatic carbocycles. The Morgan fingerprint density at radius 3 is 2.71 bits per heavy atom. The molecule has 0 bridgehead atoms. The zero-order valence-electron chi connectivity index (χ0n) is 9.74. The van der Waals surface area contributed by atoms with E-state index in [4.69, 9.17) is 9.47 Å². The Hall–Kier alpha value is -1.58. The lowest BCUT2D eigenvalue weighted by Gasteiger charge is -2.11. The van der Waals surface area contributed by atoms with E-state index in [1.165, 1.54) is 19.8 Å². The summed E-state index contributed by atoms with van der Waals surface area (Å²) >= 11 is 0. The fourth-order valence-electron chi connectivity index (χ4n) is 1.51. The van der Waals surface area contributed by atoms with Gasteiger partial charge in [0.25, 0.3) is 0 Å². The Labute approximate surface area is 99.5 Å². The first-order valence-electron chi connectivity index (χ1n) is 5.67. The molecule has 0 atom stereocenters. The fourth-order valence-corrected chi connectivity index (χ4v) is 1.51. The molecule has 0 aromatic heterocycles. The lowest BCUT2D eigenvalue weighted by molar-refractivity contribution is 0.101. The topological polar surface area (TPSA) is 35.5 Å². The third-order valence-electron chi connectivity index (χ3n) is 2.73. The van der Waals surface area contributed by atoms with Crippen molar-refractivity contribution in [3.05, 3.63) is 23.8 Å². The third kappa shape index (κ3) is 3.19. The molecule has 0 heterocycles. The highest BCUT2D eigenvalue weighted by Gasteiger charge is 2.22. The zero-order valence-corrected chi connectivity index (χ0v) is 9.74. The van der Waals surface area contributed by atoms with Gasteiger partial charge in [-0.25, -0.2) is 4.39 Å². The number of ether oxygens (including phenoxy) is 2. The van der Waals surface area contributed by atoms with Crippen LogP contribution in [0.25, 0.3) is 0 Å². The molecular weight excluding hydrogens is 223 g/mol. The first kappa shape index (κ1) is 11.9. The minimum Gasteiger partial charge on any atom is -0.489 e. The molecule has 1 aromatic rings. The number of carbonyl (C=O) groups excluding carboxylic acids is 1. The molecule has 0 amide bonds. The van der Waals surface area contributed by atoms with E-state index in [0.29, 0.717) is 29.6 Å². The summed E-state index contributed by atoms with van der Waals surface area (Å²) in [4.78, 5) is 11.2. The summed E-state index contributed by atoms with van der Waals surface area (Å²) in [6.45, 7) is 1.18. The zero-order chi connectivity index (χ0) is 12.3. The van der Waals surface area contributed by atoms with Crippen molar-refractivity contribution in [2.45, 2.75) is 19.8 Å². The van der Waals surface area contributed by atoms with E-state index in [9.17, 15) is 9.18 Å². The summed E-state index contributed by atoms with van der Waals surface area (Å²) in [5, 5.41) is 0. The maximum atomic E-state index is 12.2. The molecule has 92 valence electrons. The molecule has 3 nitrogen and oxygen atoms in total. The molecular formula is C13H15FO3. The van der Waals surface area contributed by atoms with Crippen LogP contribution < -0.4 is 9.47 Å². The number of halogens is 1. The molecule has 4 heteroatoms. The lowest BCUT2D eigenvalue weighted by Crippen LogP contribution is -2.03. The van der Waals surface area contributed by atoms with E-state index >= 15 is 0 Å². The second-order valence-corrected chi connectivity index (χ2v) is 4.23. The van der Waals surface area contributed by atoms with Gasteiger partial charge in [0.15, 0.2) is 17.3 Å². The summed E-state index contributed by atoms with van der Waals surface area (Å²) in [5.74, 6) is 1.34. The summed E-state index contributed by atoms with van der Waals surface area (Å²) < 4.78 is 22.6. The summed E-state index contributed by atoms with van der Waals surface area (Å²) in [7, 11) is 0. The molecule has 1 fully saturated rings. The van der Waals surface area contributed by atoms with Crippen LogP contribution in [-0.4, -0.2) is 19.3 Å². The van der Waals surface area contributed by atoms with Crippen molar-refractivity contribution in [2.24, 2.45) is 5.92 Å². The highest BCUT2D eigenvalue weighted by Crippen LogP contribution is 2.33. The van der Waals surface area contributed by atoms with Crippen molar-refractivity contribution >= 4 is 5.78 Å². The Morgan fingerprint density at radius 1 is 1.35 bits per heavy atom. The minimum absolute atomic E-state index is 0.0481. The van der Waals surface area contributed by atoms with Crippen LogP contribution in [0.4, 0.5) is 4.39 Å². The fraction of sp³-hybridized carbons (Fsp3) is 0.462. The molecule has 0 saturated heterocycles. The van der Waals surface area contributed by atoms with Crippen LogP contribution in [-0.2, 0) is 0 Å². The number of Topliss-reactive ketones (excluding diaryl/α,β-unsaturated/α-hetero) is 1. The van der Waals surface area contributed by atoms with E-state index in [1.54, 1.807) is 18.2 Å². The largest absolute Gasteiger partial charge is 0.489 e. The predicted molar refractivity (Wildman–Crippen MR) is 61.3 cm³/mol. The predicted octanol–water partition coefficient (Wildman–Crippen LogP) is 2.98. The maximum Gasteiger partial charge on any atom is 0.228 e. The minimum atomic E-state index is -0.904. The number of carbonyl (C=O) groups is 1. The van der Waals surface area contributed by atoms with Crippen LogP contribution in [0.3, 0.4) is 0 Å². The van der Waals surface area contributed by atoms with E-state index in [0.717, 1.165) is 0 Å². The summed E-state index contributed by atoms with van der Waals surface area (Å²) in [6.07, 6.45) is 2.34. The second kappa shape index (κ2) is 5.17. The van der Waals surface area contributed by atoms with Gasteiger partial charge in [0.2, 0.25) is 6.86 Å². The van der Waals surface area contributed by atoms with Crippen LogP contribution in [0.15, 0.2) is 18.2 Å². The van der Waals surface area contributed by atoms with E-state index in [1.807, 2.05) is 0 Å². The molecule has 0 unspecified atom stereocenters. The summed E-state index contributed by atoms with van der Waals surface area (Å²) in [5.41, 5.74) is 0.544. The molecule has 17 heavy (non-hydrogen) atoms. The van der Waals surface area contributed by atoms with E-state index < -0.39 is 6.86 Å². The molecule has 0 N–H and O–H groups in total. The van der Waals surface area contributed by atoms with Crippen molar-refractivity contribution in [3.8, 4) is 11.5 Å². The van der Waals surface area contributed by atoms with Crippen molar-refractivity contribution < 1.29 is 18.7 Å². The van der Waals surface area contributed by atoms with Crippen molar-refractivity contribution in [3.63, 3.8) is 0 Å². The SMILES string of the molecule is CC(=O)c1ccc(OCF)c(OCC2CC2)c1. The normalized spacial score (nSPS) is 14.5. The number of alkyl halides is 1. The molecule has 0 spiro atoms. The average molecular weight is 238 g/mol. The van der Waals surface area contributed by atoms with Crippen molar-refractivity contribution in [1.82, 2.24) is 0 Å². The molecule has 1 aliphatic rings. The van der Waals surface area contributed by atoms with E-state index in [2.05, 4.69) is 0 Å².